The number of Topliss-reactive ketones (excluding diaryl/α,β-unsaturated/α-hetero) is 1. The Bertz CT molecular complexity index is 366. The summed E-state index contributed by atoms with van der Waals surface area (Å²) >= 11 is 3.09. The van der Waals surface area contributed by atoms with Crippen LogP contribution >= 0.6 is 15.9 Å². The third kappa shape index (κ3) is 2.99. The molecule has 0 aliphatic rings. The van der Waals surface area contributed by atoms with Crippen LogP contribution in [0.15, 0.2) is 18.2 Å². The number of rotatable bonds is 4. The molecule has 1 N–H and O–H groups in total. The summed E-state index contributed by atoms with van der Waals surface area (Å²) in [4.78, 5) is 11.4. The van der Waals surface area contributed by atoms with Crippen LogP contribution in [0.3, 0.4) is 0 Å². The van der Waals surface area contributed by atoms with E-state index in [1.54, 1.807) is 0 Å². The smallest absolute Gasteiger partial charge is 0.267 e. The molecule has 1 aromatic carbocycles. The molecular formula is C10H9BrF2O2. The first-order valence-electron chi connectivity index (χ1n) is 4.26. The van der Waals surface area contributed by atoms with Gasteiger partial charge >= 0.3 is 0 Å². The Morgan fingerprint density at radius 3 is 2.67 bits per heavy atom. The highest BCUT2D eigenvalue weighted by Gasteiger charge is 2.15. The molecule has 1 rings (SSSR count). The van der Waals surface area contributed by atoms with Gasteiger partial charge in [0.25, 0.3) is 6.43 Å². The van der Waals surface area contributed by atoms with Crippen LogP contribution in [0.25, 0.3) is 0 Å². The van der Waals surface area contributed by atoms with Gasteiger partial charge in [0.1, 0.15) is 5.75 Å². The second-order valence-electron chi connectivity index (χ2n) is 2.94. The number of hydrogen-bond acceptors (Lipinski definition) is 2. The molecule has 0 saturated heterocycles. The molecule has 5 heteroatoms. The zero-order valence-corrected chi connectivity index (χ0v) is 9.30. The molecule has 0 aliphatic heterocycles. The predicted octanol–water partition coefficient (Wildman–Crippen LogP) is 3.30. The Balaban J connectivity index is 3.02. The zero-order chi connectivity index (χ0) is 11.4. The van der Waals surface area contributed by atoms with E-state index in [2.05, 4.69) is 15.9 Å². The summed E-state index contributed by atoms with van der Waals surface area (Å²) in [6.07, 6.45) is -2.53. The van der Waals surface area contributed by atoms with Crippen LogP contribution in [0, 0.1) is 0 Å². The maximum atomic E-state index is 12.4. The van der Waals surface area contributed by atoms with Crippen molar-refractivity contribution in [2.75, 3.05) is 5.33 Å². The van der Waals surface area contributed by atoms with E-state index < -0.39 is 17.7 Å². The van der Waals surface area contributed by atoms with Gasteiger partial charge in [-0.15, -0.1) is 0 Å². The SMILES string of the molecule is O=C(CCBr)c1ccc(O)c(C(F)F)c1. The van der Waals surface area contributed by atoms with E-state index >= 15 is 0 Å². The van der Waals surface area contributed by atoms with Crippen molar-refractivity contribution in [3.63, 3.8) is 0 Å². The number of benzene rings is 1. The quantitative estimate of drug-likeness (QED) is 0.678. The van der Waals surface area contributed by atoms with Crippen molar-refractivity contribution in [3.05, 3.63) is 29.3 Å². The Morgan fingerprint density at radius 1 is 1.47 bits per heavy atom. The van der Waals surface area contributed by atoms with Gasteiger partial charge in [-0.2, -0.15) is 0 Å². The number of ketones is 1. The topological polar surface area (TPSA) is 37.3 Å². The van der Waals surface area contributed by atoms with E-state index in [1.165, 1.54) is 6.07 Å². The van der Waals surface area contributed by atoms with Crippen LogP contribution in [-0.2, 0) is 0 Å². The molecule has 0 amide bonds. The standard InChI is InChI=1S/C10H9BrF2O2/c11-4-3-8(14)6-1-2-9(15)7(5-6)10(12)13/h1-2,5,10,15H,3-4H2. The van der Waals surface area contributed by atoms with Crippen LogP contribution in [0.5, 0.6) is 5.75 Å². The Kier molecular flexibility index (Phi) is 4.20. The lowest BCUT2D eigenvalue weighted by Crippen LogP contribution is -2.00. The van der Waals surface area contributed by atoms with Gasteiger partial charge < -0.3 is 5.11 Å². The van der Waals surface area contributed by atoms with E-state index in [0.29, 0.717) is 5.33 Å². The highest BCUT2D eigenvalue weighted by molar-refractivity contribution is 9.09. The van der Waals surface area contributed by atoms with Crippen molar-refractivity contribution in [3.8, 4) is 5.75 Å². The van der Waals surface area contributed by atoms with Crippen molar-refractivity contribution < 1.29 is 18.7 Å². The fourth-order valence-electron chi connectivity index (χ4n) is 1.13. The summed E-state index contributed by atoms with van der Waals surface area (Å²) in [5.74, 6) is -0.714. The lowest BCUT2D eigenvalue weighted by Gasteiger charge is -2.05. The highest BCUT2D eigenvalue weighted by atomic mass is 79.9. The van der Waals surface area contributed by atoms with Crippen molar-refractivity contribution in [1.29, 1.82) is 0 Å². The lowest BCUT2D eigenvalue weighted by molar-refractivity contribution is 0.0989. The second-order valence-corrected chi connectivity index (χ2v) is 3.73. The molecule has 15 heavy (non-hydrogen) atoms. The van der Waals surface area contributed by atoms with Crippen LogP contribution in [-0.4, -0.2) is 16.2 Å². The first-order valence-corrected chi connectivity index (χ1v) is 5.38. The molecular weight excluding hydrogens is 270 g/mol. The largest absolute Gasteiger partial charge is 0.507 e. The number of phenolic OH excluding ortho intramolecular Hbond substituents is 1. The molecule has 1 aromatic rings. The Hall–Kier alpha value is -0.970. The zero-order valence-electron chi connectivity index (χ0n) is 7.71. The molecule has 0 aliphatic carbocycles. The number of carbonyl (C=O) groups excluding carboxylic acids is 1. The molecule has 0 atom stereocenters. The molecule has 0 heterocycles. The summed E-state index contributed by atoms with van der Waals surface area (Å²) in [5, 5.41) is 9.60. The van der Waals surface area contributed by atoms with E-state index in [9.17, 15) is 13.6 Å². The number of alkyl halides is 3. The van der Waals surface area contributed by atoms with Gasteiger partial charge in [0, 0.05) is 17.3 Å². The van der Waals surface area contributed by atoms with Crippen LogP contribution in [0.2, 0.25) is 0 Å². The summed E-state index contributed by atoms with van der Waals surface area (Å²) in [6, 6.07) is 3.49. The monoisotopic (exact) mass is 278 g/mol. The van der Waals surface area contributed by atoms with E-state index in [1.807, 2.05) is 0 Å². The Labute approximate surface area is 94.0 Å². The van der Waals surface area contributed by atoms with Gasteiger partial charge in [-0.25, -0.2) is 8.78 Å². The fraction of sp³-hybridized carbons (Fsp3) is 0.300. The minimum absolute atomic E-state index is 0.197. The average molecular weight is 279 g/mol. The maximum absolute atomic E-state index is 12.4. The van der Waals surface area contributed by atoms with Crippen molar-refractivity contribution >= 4 is 21.7 Å². The maximum Gasteiger partial charge on any atom is 0.267 e. The first kappa shape index (κ1) is 12.1. The number of aromatic hydroxyl groups is 1. The molecule has 0 spiro atoms. The van der Waals surface area contributed by atoms with Gasteiger partial charge in [0.05, 0.1) is 5.56 Å². The molecule has 0 radical (unpaired) electrons. The van der Waals surface area contributed by atoms with E-state index in [-0.39, 0.29) is 17.8 Å². The van der Waals surface area contributed by atoms with Gasteiger partial charge in [-0.3, -0.25) is 4.79 Å². The van der Waals surface area contributed by atoms with Crippen molar-refractivity contribution in [2.24, 2.45) is 0 Å². The normalized spacial score (nSPS) is 10.7. The third-order valence-corrected chi connectivity index (χ3v) is 2.30. The predicted molar refractivity (Wildman–Crippen MR) is 55.8 cm³/mol. The van der Waals surface area contributed by atoms with Crippen LogP contribution in [0.1, 0.15) is 28.8 Å². The molecule has 2 nitrogen and oxygen atoms in total. The van der Waals surface area contributed by atoms with Crippen molar-refractivity contribution in [2.45, 2.75) is 12.8 Å². The summed E-state index contributed by atoms with van der Waals surface area (Å²) < 4.78 is 24.8. The van der Waals surface area contributed by atoms with E-state index in [0.717, 1.165) is 12.1 Å². The second kappa shape index (κ2) is 5.21. The number of halogens is 3. The summed E-state index contributed by atoms with van der Waals surface area (Å²) in [7, 11) is 0. The molecule has 0 unspecified atom stereocenters. The van der Waals surface area contributed by atoms with Crippen LogP contribution in [0.4, 0.5) is 8.78 Å². The average Bonchev–Trinajstić information content (AvgIpc) is 2.18. The first-order chi connectivity index (χ1) is 7.06. The summed E-state index contributed by atoms with van der Waals surface area (Å²) in [6.45, 7) is 0. The minimum atomic E-state index is -2.78. The highest BCUT2D eigenvalue weighted by Crippen LogP contribution is 2.29. The third-order valence-electron chi connectivity index (χ3n) is 1.91. The van der Waals surface area contributed by atoms with Crippen molar-refractivity contribution in [1.82, 2.24) is 0 Å². The molecule has 0 saturated carbocycles. The van der Waals surface area contributed by atoms with Gasteiger partial charge in [-0.1, -0.05) is 15.9 Å². The molecule has 0 fully saturated rings. The number of phenols is 1. The number of carbonyl (C=O) groups is 1. The van der Waals surface area contributed by atoms with Gasteiger partial charge in [0.2, 0.25) is 0 Å². The Morgan fingerprint density at radius 2 is 2.13 bits per heavy atom. The number of hydrogen-bond donors (Lipinski definition) is 1. The van der Waals surface area contributed by atoms with Gasteiger partial charge in [0.15, 0.2) is 5.78 Å². The lowest BCUT2D eigenvalue weighted by atomic mass is 10.1. The van der Waals surface area contributed by atoms with Crippen LogP contribution < -0.4 is 0 Å². The fourth-order valence-corrected chi connectivity index (χ4v) is 1.49. The molecule has 0 aromatic heterocycles. The molecule has 82 valence electrons. The summed E-state index contributed by atoms with van der Waals surface area (Å²) in [5.41, 5.74) is -0.307. The minimum Gasteiger partial charge on any atom is -0.507 e. The van der Waals surface area contributed by atoms with E-state index in [4.69, 9.17) is 5.11 Å². The van der Waals surface area contributed by atoms with Gasteiger partial charge in [-0.05, 0) is 18.2 Å². The molecule has 0 bridgehead atoms.